The molecule has 3 heterocycles. The van der Waals surface area contributed by atoms with E-state index < -0.39 is 11.2 Å². The molecule has 5 rings (SSSR count). The molecule has 180 valence electrons. The molecule has 3 N–H and O–H groups in total. The average Bonchev–Trinajstić information content (AvgIpc) is 3.35. The third-order valence-corrected chi connectivity index (χ3v) is 6.45. The number of nitrogen functional groups attached to an aromatic ring is 1. The molecule has 0 aliphatic heterocycles. The fourth-order valence-corrected chi connectivity index (χ4v) is 4.51. The van der Waals surface area contributed by atoms with Crippen LogP contribution in [-0.2, 0) is 13.1 Å². The minimum Gasteiger partial charge on any atom is -0.396 e. The van der Waals surface area contributed by atoms with Gasteiger partial charge in [-0.1, -0.05) is 48.0 Å². The maximum Gasteiger partial charge on any atom is 0.337 e. The van der Waals surface area contributed by atoms with Crippen LogP contribution < -0.4 is 17.0 Å². The lowest BCUT2D eigenvalue weighted by atomic mass is 10.1. The van der Waals surface area contributed by atoms with E-state index in [1.807, 2.05) is 48.7 Å². The molecule has 0 saturated carbocycles. The van der Waals surface area contributed by atoms with E-state index in [4.69, 9.17) is 10.7 Å². The van der Waals surface area contributed by atoms with Crippen LogP contribution in [-0.4, -0.2) is 34.8 Å². The third kappa shape index (κ3) is 3.74. The average molecular weight is 473 g/mol. The summed E-state index contributed by atoms with van der Waals surface area (Å²) in [6.07, 6.45) is 1.37. The third-order valence-electron chi connectivity index (χ3n) is 6.45. The summed E-state index contributed by atoms with van der Waals surface area (Å²) in [7, 11) is 0. The number of fused-ring (bicyclic) bond motifs is 3. The predicted octanol–water partition coefficient (Wildman–Crippen LogP) is 2.62. The molecule has 5 aromatic rings. The molecule has 0 amide bonds. The maximum atomic E-state index is 13.8. The number of aliphatic hydroxyl groups excluding tert-OH is 1. The Balaban J connectivity index is 1.84. The van der Waals surface area contributed by atoms with Crippen molar-refractivity contribution in [2.24, 2.45) is 0 Å². The number of rotatable bonds is 7. The van der Waals surface area contributed by atoms with Crippen molar-refractivity contribution in [1.82, 2.24) is 23.1 Å². The summed E-state index contributed by atoms with van der Waals surface area (Å²) in [5.41, 5.74) is 9.42. The zero-order valence-corrected chi connectivity index (χ0v) is 19.8. The molecule has 0 spiro atoms. The lowest BCUT2D eigenvalue weighted by molar-refractivity contribution is 0.281. The van der Waals surface area contributed by atoms with Crippen molar-refractivity contribution in [1.29, 1.82) is 0 Å². The van der Waals surface area contributed by atoms with E-state index in [9.17, 15) is 14.7 Å². The molecule has 0 fully saturated rings. The first-order valence-electron chi connectivity index (χ1n) is 11.7. The van der Waals surface area contributed by atoms with Crippen LogP contribution in [0.5, 0.6) is 0 Å². The van der Waals surface area contributed by atoms with Gasteiger partial charge in [0.25, 0.3) is 5.56 Å². The predicted molar refractivity (Wildman–Crippen MR) is 136 cm³/mol. The SMILES string of the molecule is Cc1ccc(Cn2c(=O)n(-c3ccccc3)c(=O)c3c2nc2n(CCCCO)c(C)c(N)n32)cc1. The number of unbranched alkanes of at least 4 members (excludes halogenated alkanes) is 1. The van der Waals surface area contributed by atoms with E-state index in [1.54, 1.807) is 28.7 Å². The highest BCUT2D eigenvalue weighted by molar-refractivity contribution is 5.79. The number of para-hydroxylation sites is 1. The fourth-order valence-electron chi connectivity index (χ4n) is 4.51. The summed E-state index contributed by atoms with van der Waals surface area (Å²) >= 11 is 0. The Morgan fingerprint density at radius 3 is 2.34 bits per heavy atom. The number of imidazole rings is 2. The molecule has 0 aliphatic rings. The summed E-state index contributed by atoms with van der Waals surface area (Å²) in [4.78, 5) is 32.3. The van der Waals surface area contributed by atoms with Crippen molar-refractivity contribution in [2.75, 3.05) is 12.3 Å². The van der Waals surface area contributed by atoms with Gasteiger partial charge in [-0.2, -0.15) is 4.98 Å². The van der Waals surface area contributed by atoms with Crippen molar-refractivity contribution in [2.45, 2.75) is 39.8 Å². The van der Waals surface area contributed by atoms with Crippen molar-refractivity contribution in [3.8, 4) is 5.69 Å². The number of anilines is 1. The van der Waals surface area contributed by atoms with E-state index in [-0.39, 0.29) is 18.7 Å². The smallest absolute Gasteiger partial charge is 0.337 e. The van der Waals surface area contributed by atoms with Gasteiger partial charge >= 0.3 is 5.69 Å². The van der Waals surface area contributed by atoms with Crippen molar-refractivity contribution < 1.29 is 5.11 Å². The standard InChI is InChI=1S/C26H28N6O3/c1-17-10-12-19(13-11-17)16-30-23-21(24(34)31(26(30)35)20-8-4-3-5-9-20)32-22(27)18(2)29(25(32)28-23)14-6-7-15-33/h3-5,8-13,33H,6-7,14-16,27H2,1-2H3. The number of nitrogens with zero attached hydrogens (tertiary/aromatic N) is 5. The maximum absolute atomic E-state index is 13.8. The molecule has 35 heavy (non-hydrogen) atoms. The van der Waals surface area contributed by atoms with Crippen LogP contribution in [0.4, 0.5) is 5.82 Å². The summed E-state index contributed by atoms with van der Waals surface area (Å²) in [6, 6.07) is 16.8. The summed E-state index contributed by atoms with van der Waals surface area (Å²) in [6.45, 7) is 4.83. The molecule has 0 aliphatic carbocycles. The van der Waals surface area contributed by atoms with Crippen LogP contribution in [0.3, 0.4) is 0 Å². The molecule has 9 heteroatoms. The van der Waals surface area contributed by atoms with Gasteiger partial charge in [-0.05, 0) is 44.4 Å². The first kappa shape index (κ1) is 22.7. The summed E-state index contributed by atoms with van der Waals surface area (Å²) < 4.78 is 6.31. The van der Waals surface area contributed by atoms with E-state index in [0.717, 1.165) is 23.2 Å². The fraction of sp³-hybridized carbons (Fsp3) is 0.269. The Morgan fingerprint density at radius 2 is 1.66 bits per heavy atom. The van der Waals surface area contributed by atoms with Gasteiger partial charge in [-0.15, -0.1) is 0 Å². The zero-order valence-electron chi connectivity index (χ0n) is 19.8. The molecule has 0 unspecified atom stereocenters. The first-order chi connectivity index (χ1) is 16.9. The minimum absolute atomic E-state index is 0.0976. The second-order valence-electron chi connectivity index (χ2n) is 8.80. The molecule has 3 aromatic heterocycles. The number of benzene rings is 2. The summed E-state index contributed by atoms with van der Waals surface area (Å²) in [5, 5.41) is 9.21. The highest BCUT2D eigenvalue weighted by Crippen LogP contribution is 2.24. The van der Waals surface area contributed by atoms with Crippen LogP contribution in [0.25, 0.3) is 22.6 Å². The molecule has 0 saturated heterocycles. The number of nitrogens with two attached hydrogens (primary N) is 1. The van der Waals surface area contributed by atoms with Crippen LogP contribution in [0, 0.1) is 13.8 Å². The monoisotopic (exact) mass is 472 g/mol. The van der Waals surface area contributed by atoms with Crippen LogP contribution in [0.15, 0.2) is 64.2 Å². The Labute approximate surface area is 201 Å². The van der Waals surface area contributed by atoms with Crippen molar-refractivity contribution in [3.63, 3.8) is 0 Å². The lowest BCUT2D eigenvalue weighted by Gasteiger charge is -2.12. The van der Waals surface area contributed by atoms with E-state index in [2.05, 4.69) is 0 Å². The van der Waals surface area contributed by atoms with E-state index >= 15 is 0 Å². The number of aliphatic hydroxyl groups is 1. The second-order valence-corrected chi connectivity index (χ2v) is 8.80. The van der Waals surface area contributed by atoms with Crippen molar-refractivity contribution in [3.05, 3.63) is 92.3 Å². The summed E-state index contributed by atoms with van der Waals surface area (Å²) in [5.74, 6) is 0.914. The number of aryl methyl sites for hydroxylation is 2. The topological polar surface area (TPSA) is 112 Å². The van der Waals surface area contributed by atoms with Gasteiger partial charge in [-0.25, -0.2) is 9.36 Å². The molecule has 9 nitrogen and oxygen atoms in total. The Hall–Kier alpha value is -4.11. The second kappa shape index (κ2) is 8.92. The molecule has 0 radical (unpaired) electrons. The van der Waals surface area contributed by atoms with Gasteiger partial charge in [0, 0.05) is 13.2 Å². The van der Waals surface area contributed by atoms with Gasteiger partial charge in [0.2, 0.25) is 5.78 Å². The normalized spacial score (nSPS) is 11.6. The number of hydrogen-bond acceptors (Lipinski definition) is 5. The largest absolute Gasteiger partial charge is 0.396 e. The van der Waals surface area contributed by atoms with Gasteiger partial charge in [-0.3, -0.25) is 13.8 Å². The quantitative estimate of drug-likeness (QED) is 0.354. The van der Waals surface area contributed by atoms with E-state index in [1.165, 1.54) is 9.13 Å². The van der Waals surface area contributed by atoms with Gasteiger partial charge < -0.3 is 15.4 Å². The van der Waals surface area contributed by atoms with Crippen LogP contribution >= 0.6 is 0 Å². The van der Waals surface area contributed by atoms with Crippen LogP contribution in [0.2, 0.25) is 0 Å². The Morgan fingerprint density at radius 1 is 0.943 bits per heavy atom. The number of aromatic nitrogens is 5. The molecular formula is C26H28N6O3. The highest BCUT2D eigenvalue weighted by Gasteiger charge is 2.24. The lowest BCUT2D eigenvalue weighted by Crippen LogP contribution is -2.39. The molecule has 0 atom stereocenters. The molecular weight excluding hydrogens is 444 g/mol. The van der Waals surface area contributed by atoms with E-state index in [0.29, 0.717) is 35.9 Å². The van der Waals surface area contributed by atoms with Gasteiger partial charge in [0.15, 0.2) is 11.2 Å². The Kier molecular flexibility index (Phi) is 5.78. The van der Waals surface area contributed by atoms with Crippen molar-refractivity contribution >= 4 is 22.8 Å². The zero-order chi connectivity index (χ0) is 24.7. The Bertz CT molecular complexity index is 1640. The number of hydrogen-bond donors (Lipinski definition) is 2. The first-order valence-corrected chi connectivity index (χ1v) is 11.7. The minimum atomic E-state index is -0.469. The van der Waals surface area contributed by atoms with Crippen LogP contribution in [0.1, 0.15) is 29.7 Å². The molecule has 2 aromatic carbocycles. The van der Waals surface area contributed by atoms with Gasteiger partial charge in [0.1, 0.15) is 5.82 Å². The molecule has 0 bridgehead atoms. The highest BCUT2D eigenvalue weighted by atomic mass is 16.3. The van der Waals surface area contributed by atoms with Gasteiger partial charge in [0.05, 0.1) is 17.9 Å².